The van der Waals surface area contributed by atoms with Gasteiger partial charge in [-0.1, -0.05) is 27.7 Å². The Labute approximate surface area is 142 Å². The number of rotatable bonds is 12. The minimum atomic E-state index is -0.991. The van der Waals surface area contributed by atoms with Crippen molar-refractivity contribution in [3.63, 3.8) is 0 Å². The van der Waals surface area contributed by atoms with E-state index in [9.17, 15) is 5.11 Å². The number of hydrogen-bond donors (Lipinski definition) is 1. The van der Waals surface area contributed by atoms with Crippen LogP contribution in [0.15, 0.2) is 0 Å². The highest BCUT2D eigenvalue weighted by Crippen LogP contribution is 2.25. The van der Waals surface area contributed by atoms with E-state index in [1.807, 2.05) is 20.8 Å². The minimum absolute atomic E-state index is 0.128. The van der Waals surface area contributed by atoms with Crippen LogP contribution in [0, 0.1) is 11.8 Å². The van der Waals surface area contributed by atoms with Crippen LogP contribution in [0.25, 0.3) is 0 Å². The highest BCUT2D eigenvalue weighted by Gasteiger charge is 2.32. The lowest BCUT2D eigenvalue weighted by Gasteiger charge is -2.31. The highest BCUT2D eigenvalue weighted by molar-refractivity contribution is 4.63. The van der Waals surface area contributed by atoms with Crippen molar-refractivity contribution in [1.82, 2.24) is 0 Å². The van der Waals surface area contributed by atoms with Crippen LogP contribution < -0.4 is 0 Å². The van der Waals surface area contributed by atoms with E-state index >= 15 is 0 Å². The van der Waals surface area contributed by atoms with E-state index in [2.05, 4.69) is 27.7 Å². The van der Waals surface area contributed by atoms with Gasteiger partial charge in [-0.05, 0) is 58.8 Å². The fourth-order valence-electron chi connectivity index (χ4n) is 1.71. The molecule has 0 heterocycles. The average Bonchev–Trinajstić information content (AvgIpc) is 2.40. The molecule has 0 aliphatic carbocycles. The van der Waals surface area contributed by atoms with Crippen LogP contribution in [-0.4, -0.2) is 29.2 Å². The molecule has 0 amide bonds. The van der Waals surface area contributed by atoms with E-state index < -0.39 is 17.5 Å². The molecule has 1 N–H and O–H groups in total. The Kier molecular flexibility index (Phi) is 10.5. The Morgan fingerprint density at radius 3 is 1.83 bits per heavy atom. The van der Waals surface area contributed by atoms with Gasteiger partial charge in [-0.15, -0.1) is 0 Å². The van der Waals surface area contributed by atoms with Crippen LogP contribution in [0.3, 0.4) is 0 Å². The topological polar surface area (TPSA) is 57.2 Å². The van der Waals surface area contributed by atoms with Crippen LogP contribution in [-0.2, 0) is 19.6 Å². The third kappa shape index (κ3) is 13.9. The van der Waals surface area contributed by atoms with Gasteiger partial charge in [0.1, 0.15) is 6.61 Å². The Morgan fingerprint density at radius 2 is 1.35 bits per heavy atom. The SMILES string of the molecule is CC(C)CCC(O)COOC(C)(CCC(C)C)OOC(C)(C)C. The molecule has 5 heteroatoms. The Balaban J connectivity index is 4.34. The second-order valence-corrected chi connectivity index (χ2v) is 8.34. The van der Waals surface area contributed by atoms with E-state index in [-0.39, 0.29) is 6.61 Å². The molecule has 0 fully saturated rings. The summed E-state index contributed by atoms with van der Waals surface area (Å²) in [7, 11) is 0. The summed E-state index contributed by atoms with van der Waals surface area (Å²) in [6.45, 7) is 16.2. The average molecular weight is 334 g/mol. The number of aliphatic hydroxyl groups is 1. The molecule has 2 unspecified atom stereocenters. The van der Waals surface area contributed by atoms with Gasteiger partial charge in [0.2, 0.25) is 5.79 Å². The molecule has 0 aromatic heterocycles. The maximum absolute atomic E-state index is 9.90. The summed E-state index contributed by atoms with van der Waals surface area (Å²) < 4.78 is 0. The quantitative estimate of drug-likeness (QED) is 0.320. The van der Waals surface area contributed by atoms with Crippen molar-refractivity contribution in [2.45, 2.75) is 98.6 Å². The van der Waals surface area contributed by atoms with Crippen LogP contribution in [0.1, 0.15) is 81.1 Å². The van der Waals surface area contributed by atoms with E-state index in [0.29, 0.717) is 24.7 Å². The van der Waals surface area contributed by atoms with E-state index in [4.69, 9.17) is 19.6 Å². The zero-order valence-corrected chi connectivity index (χ0v) is 16.3. The molecule has 0 aliphatic heterocycles. The van der Waals surface area contributed by atoms with Crippen molar-refractivity contribution < 1.29 is 24.7 Å². The van der Waals surface area contributed by atoms with Crippen LogP contribution in [0.5, 0.6) is 0 Å². The molecular formula is C18H38O5. The van der Waals surface area contributed by atoms with Crippen LogP contribution >= 0.6 is 0 Å². The first-order valence-corrected chi connectivity index (χ1v) is 8.79. The van der Waals surface area contributed by atoms with Crippen molar-refractivity contribution in [3.05, 3.63) is 0 Å². The Morgan fingerprint density at radius 1 is 0.783 bits per heavy atom. The smallest absolute Gasteiger partial charge is 0.231 e. The van der Waals surface area contributed by atoms with Gasteiger partial charge in [0.05, 0.1) is 11.7 Å². The molecule has 0 bridgehead atoms. The molecule has 0 aromatic carbocycles. The first-order valence-electron chi connectivity index (χ1n) is 8.79. The molecule has 0 rings (SSSR count). The van der Waals surface area contributed by atoms with Gasteiger partial charge in [-0.3, -0.25) is 0 Å². The molecule has 0 aromatic rings. The summed E-state index contributed by atoms with van der Waals surface area (Å²) in [4.78, 5) is 21.6. The molecule has 5 nitrogen and oxygen atoms in total. The van der Waals surface area contributed by atoms with Gasteiger partial charge in [-0.2, -0.15) is 9.78 Å². The zero-order chi connectivity index (χ0) is 18.1. The van der Waals surface area contributed by atoms with Crippen molar-refractivity contribution in [2.24, 2.45) is 11.8 Å². The summed E-state index contributed by atoms with van der Waals surface area (Å²) >= 11 is 0. The summed E-state index contributed by atoms with van der Waals surface area (Å²) in [5.74, 6) is 0.0909. The summed E-state index contributed by atoms with van der Waals surface area (Å²) in [5.41, 5.74) is -0.431. The standard InChI is InChI=1S/C18H38O5/c1-14(2)9-10-16(19)13-20-22-18(8,12-11-15(3)4)23-21-17(5,6)7/h14-16,19H,9-13H2,1-8H3. The lowest BCUT2D eigenvalue weighted by atomic mass is 10.0. The number of hydrogen-bond acceptors (Lipinski definition) is 5. The lowest BCUT2D eigenvalue weighted by Crippen LogP contribution is -2.37. The molecule has 140 valence electrons. The monoisotopic (exact) mass is 334 g/mol. The largest absolute Gasteiger partial charge is 0.391 e. The molecule has 2 atom stereocenters. The molecule has 0 radical (unpaired) electrons. The summed E-state index contributed by atoms with van der Waals surface area (Å²) in [6, 6.07) is 0. The van der Waals surface area contributed by atoms with Gasteiger partial charge in [0.15, 0.2) is 0 Å². The van der Waals surface area contributed by atoms with E-state index in [1.165, 1.54) is 0 Å². The Hall–Kier alpha value is -0.200. The third-order valence-electron chi connectivity index (χ3n) is 3.22. The van der Waals surface area contributed by atoms with Crippen LogP contribution in [0.4, 0.5) is 0 Å². The summed E-state index contributed by atoms with van der Waals surface area (Å²) in [5, 5.41) is 9.90. The molecular weight excluding hydrogens is 296 g/mol. The van der Waals surface area contributed by atoms with Crippen molar-refractivity contribution in [3.8, 4) is 0 Å². The van der Waals surface area contributed by atoms with Crippen LogP contribution in [0.2, 0.25) is 0 Å². The normalized spacial score (nSPS) is 16.8. The molecule has 0 spiro atoms. The lowest BCUT2D eigenvalue weighted by molar-refractivity contribution is -0.525. The summed E-state index contributed by atoms with van der Waals surface area (Å²) in [6.07, 6.45) is 2.68. The molecule has 0 saturated carbocycles. The zero-order valence-electron chi connectivity index (χ0n) is 16.3. The van der Waals surface area contributed by atoms with Gasteiger partial charge in [0.25, 0.3) is 0 Å². The molecule has 0 saturated heterocycles. The first kappa shape index (κ1) is 22.8. The third-order valence-corrected chi connectivity index (χ3v) is 3.22. The maximum atomic E-state index is 9.90. The van der Waals surface area contributed by atoms with Gasteiger partial charge in [0, 0.05) is 6.42 Å². The second kappa shape index (κ2) is 10.6. The molecule has 23 heavy (non-hydrogen) atoms. The fourth-order valence-corrected chi connectivity index (χ4v) is 1.71. The predicted molar refractivity (Wildman–Crippen MR) is 91.5 cm³/mol. The van der Waals surface area contributed by atoms with Gasteiger partial charge in [-0.25, -0.2) is 9.78 Å². The first-order chi connectivity index (χ1) is 10.4. The minimum Gasteiger partial charge on any atom is -0.391 e. The van der Waals surface area contributed by atoms with E-state index in [1.54, 1.807) is 6.92 Å². The van der Waals surface area contributed by atoms with Crippen molar-refractivity contribution >= 4 is 0 Å². The maximum Gasteiger partial charge on any atom is 0.231 e. The molecule has 0 aliphatic rings. The van der Waals surface area contributed by atoms with E-state index in [0.717, 1.165) is 12.8 Å². The van der Waals surface area contributed by atoms with Gasteiger partial charge < -0.3 is 5.11 Å². The number of aliphatic hydroxyl groups excluding tert-OH is 1. The fraction of sp³-hybridized carbons (Fsp3) is 1.00. The van der Waals surface area contributed by atoms with Gasteiger partial charge >= 0.3 is 0 Å². The predicted octanol–water partition coefficient (Wildman–Crippen LogP) is 4.63. The highest BCUT2D eigenvalue weighted by atomic mass is 17.3. The second-order valence-electron chi connectivity index (χ2n) is 8.34. The van der Waals surface area contributed by atoms with Crippen molar-refractivity contribution in [1.29, 1.82) is 0 Å². The Bertz CT molecular complexity index is 298. The van der Waals surface area contributed by atoms with Crippen molar-refractivity contribution in [2.75, 3.05) is 6.61 Å².